The first-order valence-electron chi connectivity index (χ1n) is 8.08. The standard InChI is InChI=1S/C18H25NO2/c1-12-7-13(2)9-14(8-12)18(21)5-6-19-15-3-4-16(19)11-17(20)10-15/h7-9,15-17,20H,3-6,10-11H2,1-2H3. The molecule has 1 aromatic carbocycles. The van der Waals surface area contributed by atoms with Crippen LogP contribution < -0.4 is 0 Å². The Balaban J connectivity index is 1.61. The molecule has 0 radical (unpaired) electrons. The van der Waals surface area contributed by atoms with Gasteiger partial charge in [-0.3, -0.25) is 9.69 Å². The second kappa shape index (κ2) is 5.90. The molecule has 3 heteroatoms. The SMILES string of the molecule is Cc1cc(C)cc(C(=O)CCN2C3CCC2CC(O)C3)c1. The molecule has 1 aromatic rings. The molecule has 0 aliphatic carbocycles. The fraction of sp³-hybridized carbons (Fsp3) is 0.611. The first kappa shape index (κ1) is 14.7. The molecule has 21 heavy (non-hydrogen) atoms. The maximum absolute atomic E-state index is 12.4. The van der Waals surface area contributed by atoms with Crippen LogP contribution in [0.3, 0.4) is 0 Å². The van der Waals surface area contributed by atoms with Crippen molar-refractivity contribution >= 4 is 5.78 Å². The van der Waals surface area contributed by atoms with E-state index in [-0.39, 0.29) is 11.9 Å². The number of aliphatic hydroxyl groups excluding tert-OH is 1. The summed E-state index contributed by atoms with van der Waals surface area (Å²) in [7, 11) is 0. The first-order valence-corrected chi connectivity index (χ1v) is 8.08. The summed E-state index contributed by atoms with van der Waals surface area (Å²) in [6, 6.07) is 7.06. The molecule has 0 saturated carbocycles. The van der Waals surface area contributed by atoms with Gasteiger partial charge in [0.05, 0.1) is 6.10 Å². The van der Waals surface area contributed by atoms with Crippen LogP contribution in [0, 0.1) is 13.8 Å². The van der Waals surface area contributed by atoms with E-state index in [1.165, 1.54) is 12.8 Å². The second-order valence-electron chi connectivity index (χ2n) is 6.80. The summed E-state index contributed by atoms with van der Waals surface area (Å²) in [6.07, 6.45) is 4.59. The highest BCUT2D eigenvalue weighted by molar-refractivity contribution is 5.96. The molecule has 2 aliphatic rings. The summed E-state index contributed by atoms with van der Waals surface area (Å²) in [5.74, 6) is 0.243. The Morgan fingerprint density at radius 1 is 1.14 bits per heavy atom. The van der Waals surface area contributed by atoms with Crippen LogP contribution in [0.4, 0.5) is 0 Å². The lowest BCUT2D eigenvalue weighted by Gasteiger charge is -2.37. The third kappa shape index (κ3) is 3.19. The maximum Gasteiger partial charge on any atom is 0.164 e. The molecule has 2 bridgehead atoms. The van der Waals surface area contributed by atoms with Crippen LogP contribution in [0.5, 0.6) is 0 Å². The van der Waals surface area contributed by atoms with Gasteiger partial charge in [-0.15, -0.1) is 0 Å². The molecule has 0 aromatic heterocycles. The number of aryl methyl sites for hydroxylation is 2. The van der Waals surface area contributed by atoms with Crippen LogP contribution in [0.1, 0.15) is 53.6 Å². The van der Waals surface area contributed by atoms with Gasteiger partial charge in [-0.25, -0.2) is 0 Å². The highest BCUT2D eigenvalue weighted by atomic mass is 16.3. The van der Waals surface area contributed by atoms with Gasteiger partial charge >= 0.3 is 0 Å². The Morgan fingerprint density at radius 2 is 1.71 bits per heavy atom. The van der Waals surface area contributed by atoms with E-state index in [2.05, 4.69) is 11.0 Å². The van der Waals surface area contributed by atoms with Crippen molar-refractivity contribution in [3.05, 3.63) is 34.9 Å². The van der Waals surface area contributed by atoms with Crippen LogP contribution in [0.25, 0.3) is 0 Å². The quantitative estimate of drug-likeness (QED) is 0.866. The van der Waals surface area contributed by atoms with E-state index in [1.54, 1.807) is 0 Å². The smallest absolute Gasteiger partial charge is 0.164 e. The van der Waals surface area contributed by atoms with Gasteiger partial charge in [-0.2, -0.15) is 0 Å². The lowest BCUT2D eigenvalue weighted by molar-refractivity contribution is 0.0349. The fourth-order valence-electron chi connectivity index (χ4n) is 4.12. The summed E-state index contributed by atoms with van der Waals surface area (Å²) in [5, 5.41) is 9.83. The van der Waals surface area contributed by atoms with Crippen LogP contribution in [0.2, 0.25) is 0 Å². The molecule has 3 rings (SSSR count). The number of hydrogen-bond acceptors (Lipinski definition) is 3. The topological polar surface area (TPSA) is 40.5 Å². The highest BCUT2D eigenvalue weighted by Crippen LogP contribution is 2.35. The molecule has 114 valence electrons. The van der Waals surface area contributed by atoms with E-state index in [0.717, 1.165) is 36.1 Å². The van der Waals surface area contributed by atoms with Gasteiger partial charge in [0.1, 0.15) is 0 Å². The normalized spacial score (nSPS) is 28.8. The molecular formula is C18H25NO2. The van der Waals surface area contributed by atoms with Crippen LogP contribution >= 0.6 is 0 Å². The number of Topliss-reactive ketones (excluding diaryl/α,β-unsaturated/α-hetero) is 1. The van der Waals surface area contributed by atoms with Crippen molar-refractivity contribution in [2.24, 2.45) is 0 Å². The predicted molar refractivity (Wildman–Crippen MR) is 83.6 cm³/mol. The van der Waals surface area contributed by atoms with Gasteiger partial charge in [-0.1, -0.05) is 17.2 Å². The molecular weight excluding hydrogens is 262 g/mol. The molecule has 2 aliphatic heterocycles. The summed E-state index contributed by atoms with van der Waals surface area (Å²) in [4.78, 5) is 14.9. The average molecular weight is 287 g/mol. The Kier molecular flexibility index (Phi) is 4.14. The Hall–Kier alpha value is -1.19. The summed E-state index contributed by atoms with van der Waals surface area (Å²) >= 11 is 0. The lowest BCUT2D eigenvalue weighted by atomic mass is 9.98. The minimum atomic E-state index is -0.131. The number of piperidine rings is 1. The van der Waals surface area contributed by atoms with Crippen molar-refractivity contribution in [3.8, 4) is 0 Å². The minimum Gasteiger partial charge on any atom is -0.393 e. The predicted octanol–water partition coefficient (Wildman–Crippen LogP) is 2.86. The zero-order valence-electron chi connectivity index (χ0n) is 13.0. The number of ketones is 1. The van der Waals surface area contributed by atoms with Gasteiger partial charge in [-0.05, 0) is 51.7 Å². The molecule has 1 N–H and O–H groups in total. The molecule has 2 fully saturated rings. The summed E-state index contributed by atoms with van der Waals surface area (Å²) in [5.41, 5.74) is 3.15. The number of benzene rings is 1. The third-order valence-electron chi connectivity index (χ3n) is 5.00. The van der Waals surface area contributed by atoms with Crippen LogP contribution in [-0.2, 0) is 0 Å². The van der Waals surface area contributed by atoms with E-state index >= 15 is 0 Å². The van der Waals surface area contributed by atoms with Crippen LogP contribution in [-0.4, -0.2) is 40.5 Å². The minimum absolute atomic E-state index is 0.131. The maximum atomic E-state index is 12.4. The number of hydrogen-bond donors (Lipinski definition) is 1. The van der Waals surface area contributed by atoms with Crippen molar-refractivity contribution in [2.45, 2.75) is 64.1 Å². The first-order chi connectivity index (χ1) is 10.0. The van der Waals surface area contributed by atoms with Crippen molar-refractivity contribution in [1.82, 2.24) is 4.90 Å². The molecule has 2 saturated heterocycles. The number of nitrogens with zero attached hydrogens (tertiary/aromatic N) is 1. The van der Waals surface area contributed by atoms with E-state index in [4.69, 9.17) is 0 Å². The van der Waals surface area contributed by atoms with Gasteiger partial charge in [0, 0.05) is 30.6 Å². The second-order valence-corrected chi connectivity index (χ2v) is 6.80. The lowest BCUT2D eigenvalue weighted by Crippen LogP contribution is -2.45. The zero-order chi connectivity index (χ0) is 15.0. The van der Waals surface area contributed by atoms with E-state index in [9.17, 15) is 9.90 Å². The molecule has 2 heterocycles. The largest absolute Gasteiger partial charge is 0.393 e. The van der Waals surface area contributed by atoms with Crippen molar-refractivity contribution in [3.63, 3.8) is 0 Å². The molecule has 2 unspecified atom stereocenters. The average Bonchev–Trinajstić information content (AvgIpc) is 2.65. The molecule has 2 atom stereocenters. The number of fused-ring (bicyclic) bond motifs is 2. The van der Waals surface area contributed by atoms with Gasteiger partial charge < -0.3 is 5.11 Å². The number of carbonyl (C=O) groups is 1. The monoisotopic (exact) mass is 287 g/mol. The zero-order valence-corrected chi connectivity index (χ0v) is 13.0. The van der Waals surface area contributed by atoms with Crippen molar-refractivity contribution in [2.75, 3.05) is 6.54 Å². The van der Waals surface area contributed by atoms with E-state index < -0.39 is 0 Å². The third-order valence-corrected chi connectivity index (χ3v) is 5.00. The summed E-state index contributed by atoms with van der Waals surface area (Å²) < 4.78 is 0. The highest BCUT2D eigenvalue weighted by Gasteiger charge is 2.39. The molecule has 3 nitrogen and oxygen atoms in total. The Bertz CT molecular complexity index is 506. The number of rotatable bonds is 4. The Morgan fingerprint density at radius 3 is 2.29 bits per heavy atom. The molecule has 0 spiro atoms. The van der Waals surface area contributed by atoms with Gasteiger partial charge in [0.25, 0.3) is 0 Å². The Labute approximate surface area is 127 Å². The van der Waals surface area contributed by atoms with Crippen molar-refractivity contribution in [1.29, 1.82) is 0 Å². The van der Waals surface area contributed by atoms with Gasteiger partial charge in [0.15, 0.2) is 5.78 Å². The number of carbonyl (C=O) groups excluding carboxylic acids is 1. The summed E-state index contributed by atoms with van der Waals surface area (Å²) in [6.45, 7) is 4.92. The van der Waals surface area contributed by atoms with Gasteiger partial charge in [0.2, 0.25) is 0 Å². The van der Waals surface area contributed by atoms with E-state index in [1.807, 2.05) is 26.0 Å². The van der Waals surface area contributed by atoms with Crippen LogP contribution in [0.15, 0.2) is 18.2 Å². The fourth-order valence-corrected chi connectivity index (χ4v) is 4.12. The number of aliphatic hydroxyl groups is 1. The van der Waals surface area contributed by atoms with E-state index in [0.29, 0.717) is 18.5 Å². The van der Waals surface area contributed by atoms with Crippen molar-refractivity contribution < 1.29 is 9.90 Å². The molecule has 0 amide bonds.